The molecule has 0 amide bonds. The van der Waals surface area contributed by atoms with Crippen LogP contribution in [0.1, 0.15) is 30.6 Å². The molecule has 0 spiro atoms. The highest BCUT2D eigenvalue weighted by molar-refractivity contribution is 5.25. The van der Waals surface area contributed by atoms with E-state index in [0.717, 1.165) is 18.4 Å². The van der Waals surface area contributed by atoms with Gasteiger partial charge in [-0.15, -0.1) is 0 Å². The Morgan fingerprint density at radius 3 is 2.30 bits per heavy atom. The topological polar surface area (TPSA) is 29.5 Å². The van der Waals surface area contributed by atoms with Crippen LogP contribution in [0.25, 0.3) is 0 Å². The lowest BCUT2D eigenvalue weighted by Crippen LogP contribution is -2.09. The van der Waals surface area contributed by atoms with Crippen LogP contribution in [-0.2, 0) is 6.42 Å². The van der Waals surface area contributed by atoms with Crippen molar-refractivity contribution >= 4 is 0 Å². The van der Waals surface area contributed by atoms with Crippen molar-refractivity contribution < 1.29 is 14.2 Å². The van der Waals surface area contributed by atoms with E-state index in [2.05, 4.69) is 6.92 Å². The second-order valence-corrected chi connectivity index (χ2v) is 4.77. The molecule has 1 N–H and O–H groups in total. The lowest BCUT2D eigenvalue weighted by atomic mass is 10.0. The van der Waals surface area contributed by atoms with Crippen molar-refractivity contribution in [2.45, 2.75) is 25.9 Å². The summed E-state index contributed by atoms with van der Waals surface area (Å²) in [5.74, 6) is 0.248. The number of rotatable bonds is 6. The predicted molar refractivity (Wildman–Crippen MR) is 77.3 cm³/mol. The monoisotopic (exact) mass is 274 g/mol. The fourth-order valence-corrected chi connectivity index (χ4v) is 2.00. The van der Waals surface area contributed by atoms with Gasteiger partial charge in [0.1, 0.15) is 24.3 Å². The average Bonchev–Trinajstić information content (AvgIpc) is 2.47. The Hall–Kier alpha value is -1.87. The normalized spacial score (nSPS) is 12.2. The molecule has 2 aromatic rings. The summed E-state index contributed by atoms with van der Waals surface area (Å²) in [5, 5.41) is 10.1. The van der Waals surface area contributed by atoms with Crippen LogP contribution in [0.3, 0.4) is 0 Å². The summed E-state index contributed by atoms with van der Waals surface area (Å²) < 4.78 is 18.2. The van der Waals surface area contributed by atoms with Crippen molar-refractivity contribution in [1.82, 2.24) is 0 Å². The highest BCUT2D eigenvalue weighted by Gasteiger charge is 2.08. The maximum absolute atomic E-state index is 12.7. The van der Waals surface area contributed by atoms with Crippen molar-refractivity contribution in [1.29, 1.82) is 0 Å². The van der Waals surface area contributed by atoms with Crippen molar-refractivity contribution in [3.8, 4) is 5.75 Å². The first-order valence-electron chi connectivity index (χ1n) is 6.84. The van der Waals surface area contributed by atoms with E-state index >= 15 is 0 Å². The second kappa shape index (κ2) is 7.06. The molecule has 0 saturated heterocycles. The molecule has 0 fully saturated rings. The average molecular weight is 274 g/mol. The standard InChI is InChI=1S/C17H19FO2/c1-2-3-13-4-6-14(7-5-13)17(19)12-20-16-10-8-15(18)9-11-16/h4-11,17,19H,2-3,12H2,1H3. The highest BCUT2D eigenvalue weighted by Crippen LogP contribution is 2.17. The first-order chi connectivity index (χ1) is 9.69. The zero-order chi connectivity index (χ0) is 14.4. The molecule has 106 valence electrons. The van der Waals surface area contributed by atoms with Crippen LogP contribution in [0.15, 0.2) is 48.5 Å². The Labute approximate surface area is 118 Å². The van der Waals surface area contributed by atoms with Crippen LogP contribution in [0, 0.1) is 5.82 Å². The summed E-state index contributed by atoms with van der Waals surface area (Å²) in [6.07, 6.45) is 1.47. The molecular formula is C17H19FO2. The van der Waals surface area contributed by atoms with Crippen LogP contribution in [-0.4, -0.2) is 11.7 Å². The van der Waals surface area contributed by atoms with Gasteiger partial charge in [0.25, 0.3) is 0 Å². The van der Waals surface area contributed by atoms with E-state index in [9.17, 15) is 9.50 Å². The molecule has 0 aromatic heterocycles. The third-order valence-electron chi connectivity index (χ3n) is 3.12. The number of aliphatic hydroxyl groups is 1. The van der Waals surface area contributed by atoms with E-state index in [1.165, 1.54) is 17.7 Å². The van der Waals surface area contributed by atoms with E-state index in [0.29, 0.717) is 5.75 Å². The first-order valence-corrected chi connectivity index (χ1v) is 6.84. The third-order valence-corrected chi connectivity index (χ3v) is 3.12. The molecule has 0 heterocycles. The Balaban J connectivity index is 1.90. The summed E-state index contributed by atoms with van der Waals surface area (Å²) in [4.78, 5) is 0. The molecule has 0 aliphatic heterocycles. The molecule has 2 aromatic carbocycles. The quantitative estimate of drug-likeness (QED) is 0.866. The van der Waals surface area contributed by atoms with Gasteiger partial charge in [-0.1, -0.05) is 37.6 Å². The number of hydrogen-bond acceptors (Lipinski definition) is 2. The molecule has 0 radical (unpaired) electrons. The molecular weight excluding hydrogens is 255 g/mol. The van der Waals surface area contributed by atoms with Gasteiger partial charge >= 0.3 is 0 Å². The number of hydrogen-bond donors (Lipinski definition) is 1. The predicted octanol–water partition coefficient (Wildman–Crippen LogP) is 3.89. The first kappa shape index (κ1) is 14.5. The Bertz CT molecular complexity index is 520. The summed E-state index contributed by atoms with van der Waals surface area (Å²) in [7, 11) is 0. The molecule has 3 heteroatoms. The Morgan fingerprint density at radius 2 is 1.70 bits per heavy atom. The maximum Gasteiger partial charge on any atom is 0.123 e. The van der Waals surface area contributed by atoms with E-state index in [4.69, 9.17) is 4.74 Å². The van der Waals surface area contributed by atoms with Crippen molar-refractivity contribution in [2.24, 2.45) is 0 Å². The summed E-state index contributed by atoms with van der Waals surface area (Å²) in [6.45, 7) is 2.29. The molecule has 20 heavy (non-hydrogen) atoms. The number of aliphatic hydroxyl groups excluding tert-OH is 1. The van der Waals surface area contributed by atoms with E-state index < -0.39 is 6.10 Å². The van der Waals surface area contributed by atoms with Crippen molar-refractivity contribution in [3.63, 3.8) is 0 Å². The van der Waals surface area contributed by atoms with Crippen LogP contribution in [0.2, 0.25) is 0 Å². The molecule has 1 unspecified atom stereocenters. The summed E-state index contributed by atoms with van der Waals surface area (Å²) in [5.41, 5.74) is 2.09. The van der Waals surface area contributed by atoms with Gasteiger partial charge in [0.15, 0.2) is 0 Å². The largest absolute Gasteiger partial charge is 0.491 e. The van der Waals surface area contributed by atoms with Gasteiger partial charge in [-0.05, 0) is 41.8 Å². The minimum absolute atomic E-state index is 0.152. The molecule has 0 aliphatic rings. The second-order valence-electron chi connectivity index (χ2n) is 4.77. The maximum atomic E-state index is 12.7. The van der Waals surface area contributed by atoms with Crippen LogP contribution in [0.4, 0.5) is 4.39 Å². The molecule has 1 atom stereocenters. The van der Waals surface area contributed by atoms with E-state index in [-0.39, 0.29) is 12.4 Å². The van der Waals surface area contributed by atoms with Crippen molar-refractivity contribution in [2.75, 3.05) is 6.61 Å². The number of halogens is 1. The smallest absolute Gasteiger partial charge is 0.123 e. The lowest BCUT2D eigenvalue weighted by molar-refractivity contribution is 0.108. The minimum atomic E-state index is -0.685. The van der Waals surface area contributed by atoms with Gasteiger partial charge in [0.2, 0.25) is 0 Å². The van der Waals surface area contributed by atoms with E-state index in [1.807, 2.05) is 24.3 Å². The number of ether oxygens (including phenoxy) is 1. The fraction of sp³-hybridized carbons (Fsp3) is 0.294. The van der Waals surface area contributed by atoms with Gasteiger partial charge in [-0.25, -0.2) is 4.39 Å². The van der Waals surface area contributed by atoms with Crippen LogP contribution < -0.4 is 4.74 Å². The van der Waals surface area contributed by atoms with Crippen molar-refractivity contribution in [3.05, 3.63) is 65.5 Å². The lowest BCUT2D eigenvalue weighted by Gasteiger charge is -2.13. The van der Waals surface area contributed by atoms with Gasteiger partial charge in [-0.2, -0.15) is 0 Å². The SMILES string of the molecule is CCCc1ccc(C(O)COc2ccc(F)cc2)cc1. The van der Waals surface area contributed by atoms with Crippen LogP contribution >= 0.6 is 0 Å². The van der Waals surface area contributed by atoms with E-state index in [1.54, 1.807) is 12.1 Å². The van der Waals surface area contributed by atoms with Gasteiger partial charge < -0.3 is 9.84 Å². The molecule has 0 bridgehead atoms. The molecule has 0 aliphatic carbocycles. The number of aryl methyl sites for hydroxylation is 1. The van der Waals surface area contributed by atoms with Gasteiger partial charge in [0.05, 0.1) is 0 Å². The van der Waals surface area contributed by atoms with Gasteiger partial charge in [-0.3, -0.25) is 0 Å². The third kappa shape index (κ3) is 4.07. The zero-order valence-electron chi connectivity index (χ0n) is 11.6. The Morgan fingerprint density at radius 1 is 1.05 bits per heavy atom. The molecule has 2 nitrogen and oxygen atoms in total. The highest BCUT2D eigenvalue weighted by atomic mass is 19.1. The van der Waals surface area contributed by atoms with Crippen LogP contribution in [0.5, 0.6) is 5.75 Å². The van der Waals surface area contributed by atoms with Gasteiger partial charge in [0, 0.05) is 0 Å². The number of benzene rings is 2. The Kier molecular flexibility index (Phi) is 5.13. The molecule has 2 rings (SSSR count). The minimum Gasteiger partial charge on any atom is -0.491 e. The summed E-state index contributed by atoms with van der Waals surface area (Å²) >= 11 is 0. The zero-order valence-corrected chi connectivity index (χ0v) is 11.6. The molecule has 0 saturated carbocycles. The fourth-order valence-electron chi connectivity index (χ4n) is 2.00. The summed E-state index contributed by atoms with van der Waals surface area (Å²) in [6, 6.07) is 13.7.